The molecule has 35 heavy (non-hydrogen) atoms. The zero-order chi connectivity index (χ0) is 24.0. The van der Waals surface area contributed by atoms with Gasteiger partial charge in [0.25, 0.3) is 5.91 Å². The Morgan fingerprint density at radius 3 is 2.60 bits per heavy atom. The van der Waals surface area contributed by atoms with Crippen LogP contribution >= 0.6 is 15.9 Å². The number of aromatic nitrogens is 2. The van der Waals surface area contributed by atoms with Crippen LogP contribution in [0, 0.1) is 0 Å². The highest BCUT2D eigenvalue weighted by Crippen LogP contribution is 2.28. The number of hydrogen-bond donors (Lipinski definition) is 2. The van der Waals surface area contributed by atoms with Gasteiger partial charge in [-0.2, -0.15) is 0 Å². The average molecular weight is 530 g/mol. The van der Waals surface area contributed by atoms with Gasteiger partial charge < -0.3 is 15.5 Å². The first-order chi connectivity index (χ1) is 17.2. The van der Waals surface area contributed by atoms with E-state index in [1.807, 2.05) is 60.7 Å². The second-order valence-corrected chi connectivity index (χ2v) is 9.78. The summed E-state index contributed by atoms with van der Waals surface area (Å²) in [6, 6.07) is 23.5. The maximum absolute atomic E-state index is 12.8. The lowest BCUT2D eigenvalue weighted by atomic mass is 10.0. The predicted molar refractivity (Wildman–Crippen MR) is 145 cm³/mol. The molecule has 1 saturated heterocycles. The van der Waals surface area contributed by atoms with Crippen molar-refractivity contribution in [3.05, 3.63) is 94.7 Å². The minimum Gasteiger partial charge on any atom is -0.363 e. The van der Waals surface area contributed by atoms with Gasteiger partial charge in [0.05, 0.1) is 11.6 Å². The molecule has 0 saturated carbocycles. The van der Waals surface area contributed by atoms with Gasteiger partial charge in [0, 0.05) is 27.7 Å². The number of halogens is 1. The Labute approximate surface area is 213 Å². The molecule has 2 heterocycles. The third-order valence-electron chi connectivity index (χ3n) is 6.44. The van der Waals surface area contributed by atoms with E-state index in [-0.39, 0.29) is 11.9 Å². The van der Waals surface area contributed by atoms with Gasteiger partial charge in [0.1, 0.15) is 12.1 Å². The molecule has 6 nitrogen and oxygen atoms in total. The van der Waals surface area contributed by atoms with E-state index in [4.69, 9.17) is 0 Å². The Morgan fingerprint density at radius 2 is 1.77 bits per heavy atom. The molecular formula is C28H28BrN5O. The number of likely N-dealkylation sites (tertiary alicyclic amines) is 1. The highest BCUT2D eigenvalue weighted by atomic mass is 79.9. The maximum Gasteiger partial charge on any atom is 0.255 e. The number of para-hydroxylation sites is 1. The molecule has 5 rings (SSSR count). The summed E-state index contributed by atoms with van der Waals surface area (Å²) >= 11 is 3.42. The van der Waals surface area contributed by atoms with Crippen molar-refractivity contribution in [3.8, 4) is 0 Å². The fourth-order valence-electron chi connectivity index (χ4n) is 4.56. The fraction of sp³-hybridized carbons (Fsp3) is 0.250. The summed E-state index contributed by atoms with van der Waals surface area (Å²) in [5.74, 6) is 0.698. The molecule has 1 unspecified atom stereocenters. The Bertz CT molecular complexity index is 1300. The number of nitrogens with one attached hydrogen (secondary N) is 2. The van der Waals surface area contributed by atoms with Crippen LogP contribution in [0.3, 0.4) is 0 Å². The molecule has 1 atom stereocenters. The first kappa shape index (κ1) is 23.5. The zero-order valence-electron chi connectivity index (χ0n) is 19.5. The quantitative estimate of drug-likeness (QED) is 0.281. The lowest BCUT2D eigenvalue weighted by molar-refractivity contribution is 0.102. The molecule has 0 bridgehead atoms. The van der Waals surface area contributed by atoms with E-state index in [9.17, 15) is 4.79 Å². The van der Waals surface area contributed by atoms with Gasteiger partial charge in [0.2, 0.25) is 0 Å². The number of hydrogen-bond acceptors (Lipinski definition) is 5. The van der Waals surface area contributed by atoms with Crippen LogP contribution in [0.15, 0.2) is 83.6 Å². The minimum atomic E-state index is -0.127. The molecule has 2 N–H and O–H groups in total. The molecule has 1 aromatic heterocycles. The van der Waals surface area contributed by atoms with Crippen molar-refractivity contribution in [2.24, 2.45) is 0 Å². The smallest absolute Gasteiger partial charge is 0.255 e. The maximum atomic E-state index is 12.8. The molecule has 1 aliphatic rings. The van der Waals surface area contributed by atoms with Crippen LogP contribution in [0.4, 0.5) is 11.5 Å². The number of nitrogens with zero attached hydrogens (tertiary/aromatic N) is 3. The van der Waals surface area contributed by atoms with Crippen LogP contribution in [-0.2, 0) is 0 Å². The van der Waals surface area contributed by atoms with Crippen LogP contribution in [0.1, 0.15) is 41.2 Å². The van der Waals surface area contributed by atoms with Gasteiger partial charge in [-0.1, -0.05) is 40.2 Å². The number of carbonyl (C=O) groups excluding carboxylic acids is 1. The number of benzene rings is 3. The van der Waals surface area contributed by atoms with Crippen molar-refractivity contribution < 1.29 is 4.79 Å². The van der Waals surface area contributed by atoms with Gasteiger partial charge in [-0.05, 0) is 86.4 Å². The van der Waals surface area contributed by atoms with Crippen LogP contribution < -0.4 is 10.6 Å². The Kier molecular flexibility index (Phi) is 7.35. The molecule has 1 fully saturated rings. The minimum absolute atomic E-state index is 0.0402. The first-order valence-electron chi connectivity index (χ1n) is 12.0. The van der Waals surface area contributed by atoms with Gasteiger partial charge in [-0.3, -0.25) is 4.79 Å². The monoisotopic (exact) mass is 529 g/mol. The largest absolute Gasteiger partial charge is 0.363 e. The van der Waals surface area contributed by atoms with Crippen LogP contribution in [0.25, 0.3) is 10.9 Å². The fourth-order valence-corrected chi connectivity index (χ4v) is 4.83. The molecule has 7 heteroatoms. The Balaban J connectivity index is 1.39. The second kappa shape index (κ2) is 11.0. The molecule has 0 radical (unpaired) electrons. The third-order valence-corrected chi connectivity index (χ3v) is 6.97. The molecule has 4 aromatic rings. The van der Waals surface area contributed by atoms with Crippen LogP contribution in [0.2, 0.25) is 0 Å². The van der Waals surface area contributed by atoms with E-state index in [2.05, 4.69) is 53.6 Å². The summed E-state index contributed by atoms with van der Waals surface area (Å²) in [7, 11) is 0. The highest BCUT2D eigenvalue weighted by molar-refractivity contribution is 9.10. The van der Waals surface area contributed by atoms with Crippen molar-refractivity contribution >= 4 is 44.2 Å². The predicted octanol–water partition coefficient (Wildman–Crippen LogP) is 6.28. The van der Waals surface area contributed by atoms with Gasteiger partial charge >= 0.3 is 0 Å². The molecule has 1 amide bonds. The van der Waals surface area contributed by atoms with Crippen molar-refractivity contribution in [2.45, 2.75) is 25.3 Å². The second-order valence-electron chi connectivity index (χ2n) is 8.86. The number of amides is 1. The van der Waals surface area contributed by atoms with Crippen molar-refractivity contribution in [1.82, 2.24) is 14.9 Å². The molecule has 0 aliphatic carbocycles. The van der Waals surface area contributed by atoms with Crippen LogP contribution in [-0.4, -0.2) is 40.4 Å². The lowest BCUT2D eigenvalue weighted by Gasteiger charge is -2.24. The van der Waals surface area contributed by atoms with Crippen molar-refractivity contribution in [3.63, 3.8) is 0 Å². The number of fused-ring (bicyclic) bond motifs is 1. The van der Waals surface area contributed by atoms with E-state index in [0.29, 0.717) is 5.56 Å². The zero-order valence-corrected chi connectivity index (χ0v) is 21.0. The highest BCUT2D eigenvalue weighted by Gasteiger charge is 2.18. The summed E-state index contributed by atoms with van der Waals surface area (Å²) in [6.07, 6.45) is 5.08. The molecule has 0 spiro atoms. The number of carbonyl (C=O) groups is 1. The summed E-state index contributed by atoms with van der Waals surface area (Å²) in [5.41, 5.74) is 3.42. The molecule has 178 valence electrons. The van der Waals surface area contributed by atoms with Crippen LogP contribution in [0.5, 0.6) is 0 Å². The number of rotatable bonds is 8. The normalized spacial score (nSPS) is 14.7. The van der Waals surface area contributed by atoms with E-state index in [0.717, 1.165) is 58.5 Å². The van der Waals surface area contributed by atoms with Crippen molar-refractivity contribution in [1.29, 1.82) is 0 Å². The molecule has 1 aliphatic heterocycles. The average Bonchev–Trinajstić information content (AvgIpc) is 3.41. The Hall–Kier alpha value is -3.29. The van der Waals surface area contributed by atoms with Gasteiger partial charge in [-0.25, -0.2) is 9.97 Å². The van der Waals surface area contributed by atoms with E-state index < -0.39 is 0 Å². The van der Waals surface area contributed by atoms with Gasteiger partial charge in [0.15, 0.2) is 0 Å². The van der Waals surface area contributed by atoms with E-state index >= 15 is 0 Å². The third kappa shape index (κ3) is 5.86. The van der Waals surface area contributed by atoms with E-state index in [1.54, 1.807) is 6.33 Å². The molecular weight excluding hydrogens is 502 g/mol. The summed E-state index contributed by atoms with van der Waals surface area (Å²) < 4.78 is 0.945. The molecule has 3 aromatic carbocycles. The summed E-state index contributed by atoms with van der Waals surface area (Å²) in [6.45, 7) is 3.33. The summed E-state index contributed by atoms with van der Waals surface area (Å²) in [5, 5.41) is 7.73. The van der Waals surface area contributed by atoms with Gasteiger partial charge in [-0.15, -0.1) is 0 Å². The topological polar surface area (TPSA) is 70.2 Å². The lowest BCUT2D eigenvalue weighted by Crippen LogP contribution is -2.24. The van der Waals surface area contributed by atoms with Crippen molar-refractivity contribution in [2.75, 3.05) is 30.3 Å². The number of anilines is 2. The summed E-state index contributed by atoms with van der Waals surface area (Å²) in [4.78, 5) is 24.3. The standard InChI is InChI=1S/C28H28BrN5O/c29-22-12-10-20(11-13-22)28(35)32-23-7-5-6-21(18-23)25(14-17-34-15-3-4-16-34)33-27-24-8-1-2-9-26(24)30-19-31-27/h1-2,5-13,18-19,25H,3-4,14-17H2,(H,32,35)(H,30,31,33). The first-order valence-corrected chi connectivity index (χ1v) is 12.8. The Morgan fingerprint density at radius 1 is 0.971 bits per heavy atom. The SMILES string of the molecule is O=C(Nc1cccc(C(CCN2CCCC2)Nc2ncnc3ccccc23)c1)c1ccc(Br)cc1. The van der Waals surface area contributed by atoms with E-state index in [1.165, 1.54) is 12.8 Å².